The van der Waals surface area contributed by atoms with Crippen LogP contribution < -0.4 is 4.90 Å². The molecule has 6 nitrogen and oxygen atoms in total. The number of carbonyl (C=O) groups is 2. The van der Waals surface area contributed by atoms with Crippen molar-refractivity contribution in [2.24, 2.45) is 11.3 Å². The highest BCUT2D eigenvalue weighted by molar-refractivity contribution is 5.95. The summed E-state index contributed by atoms with van der Waals surface area (Å²) in [5.41, 5.74) is 0.0298. The summed E-state index contributed by atoms with van der Waals surface area (Å²) >= 11 is 0. The van der Waals surface area contributed by atoms with Gasteiger partial charge in [-0.2, -0.15) is 18.4 Å². The van der Waals surface area contributed by atoms with E-state index in [-0.39, 0.29) is 18.4 Å². The Balaban J connectivity index is 1.60. The minimum atomic E-state index is -4.65. The first-order chi connectivity index (χ1) is 17.0. The first-order valence-corrected chi connectivity index (χ1v) is 11.9. The third-order valence-corrected chi connectivity index (χ3v) is 7.60. The lowest BCUT2D eigenvalue weighted by molar-refractivity contribution is -0.138. The molecule has 1 unspecified atom stereocenters. The van der Waals surface area contributed by atoms with Gasteiger partial charge < -0.3 is 14.7 Å². The van der Waals surface area contributed by atoms with Crippen LogP contribution in [0.2, 0.25) is 0 Å². The molecule has 0 N–H and O–H groups in total. The Bertz CT molecular complexity index is 1210. The van der Waals surface area contributed by atoms with Crippen molar-refractivity contribution in [3.63, 3.8) is 0 Å². The summed E-state index contributed by atoms with van der Waals surface area (Å²) in [6.07, 6.45) is -3.50. The molecule has 2 fully saturated rings. The molecule has 0 aromatic heterocycles. The van der Waals surface area contributed by atoms with Gasteiger partial charge >= 0.3 is 6.18 Å². The van der Waals surface area contributed by atoms with Crippen molar-refractivity contribution >= 4 is 17.5 Å². The molecule has 1 atom stereocenters. The standard InChI is InChI=1S/C27H29F3N4O2/c1-18-6-4-5-7-21(18)24(35)33-12-10-26(11-13-33)17-34(16-23(26)25(36)32(2)3)20-9-8-19(15-31)22(14-20)27(28,29)30/h4-9,14,23H,10-13,16-17H2,1-3H3. The number of carbonyl (C=O) groups excluding carboxylic acids is 2. The highest BCUT2D eigenvalue weighted by Crippen LogP contribution is 2.47. The Labute approximate surface area is 208 Å². The predicted molar refractivity (Wildman–Crippen MR) is 129 cm³/mol. The minimum Gasteiger partial charge on any atom is -0.370 e. The van der Waals surface area contributed by atoms with Crippen LogP contribution in [0.25, 0.3) is 0 Å². The molecule has 2 aliphatic heterocycles. The maximum absolute atomic E-state index is 13.6. The van der Waals surface area contributed by atoms with Gasteiger partial charge in [0.15, 0.2) is 0 Å². The Morgan fingerprint density at radius 3 is 2.36 bits per heavy atom. The van der Waals surface area contributed by atoms with Crippen molar-refractivity contribution in [1.29, 1.82) is 5.26 Å². The number of halogens is 3. The third-order valence-electron chi connectivity index (χ3n) is 7.60. The fourth-order valence-corrected chi connectivity index (χ4v) is 5.52. The highest BCUT2D eigenvalue weighted by atomic mass is 19.4. The largest absolute Gasteiger partial charge is 0.417 e. The molecule has 2 aromatic rings. The van der Waals surface area contributed by atoms with Crippen LogP contribution >= 0.6 is 0 Å². The highest BCUT2D eigenvalue weighted by Gasteiger charge is 2.52. The number of nitrogens with zero attached hydrogens (tertiary/aromatic N) is 4. The molecule has 0 saturated carbocycles. The molecule has 0 aliphatic carbocycles. The average molecular weight is 499 g/mol. The average Bonchev–Trinajstić information content (AvgIpc) is 3.21. The Morgan fingerprint density at radius 1 is 1.11 bits per heavy atom. The first-order valence-electron chi connectivity index (χ1n) is 11.9. The molecule has 2 aliphatic rings. The van der Waals surface area contributed by atoms with Gasteiger partial charge in [0.1, 0.15) is 0 Å². The second-order valence-electron chi connectivity index (χ2n) is 9.97. The summed E-state index contributed by atoms with van der Waals surface area (Å²) in [6.45, 7) is 3.53. The van der Waals surface area contributed by atoms with Crippen LogP contribution in [-0.4, -0.2) is 61.9 Å². The summed E-state index contributed by atoms with van der Waals surface area (Å²) < 4.78 is 40.7. The summed E-state index contributed by atoms with van der Waals surface area (Å²) in [4.78, 5) is 31.5. The van der Waals surface area contributed by atoms with Gasteiger partial charge in [-0.05, 0) is 49.6 Å². The molecule has 2 amide bonds. The number of likely N-dealkylation sites (tertiary alicyclic amines) is 1. The molecule has 9 heteroatoms. The van der Waals surface area contributed by atoms with Gasteiger partial charge in [-0.1, -0.05) is 18.2 Å². The molecule has 36 heavy (non-hydrogen) atoms. The van der Waals surface area contributed by atoms with Crippen molar-refractivity contribution in [3.8, 4) is 6.07 Å². The number of piperidine rings is 1. The fraction of sp³-hybridized carbons (Fsp3) is 0.444. The van der Waals surface area contributed by atoms with E-state index < -0.39 is 28.6 Å². The summed E-state index contributed by atoms with van der Waals surface area (Å²) in [7, 11) is 3.36. The lowest BCUT2D eigenvalue weighted by atomic mass is 9.70. The number of alkyl halides is 3. The SMILES string of the molecule is Cc1ccccc1C(=O)N1CCC2(CC1)CN(c1ccc(C#N)c(C(F)(F)F)c1)CC2C(=O)N(C)C. The zero-order valence-electron chi connectivity index (χ0n) is 20.6. The van der Waals surface area contributed by atoms with Crippen molar-refractivity contribution in [2.45, 2.75) is 25.9 Å². The summed E-state index contributed by atoms with van der Waals surface area (Å²) in [5, 5.41) is 9.14. The smallest absolute Gasteiger partial charge is 0.370 e. The summed E-state index contributed by atoms with van der Waals surface area (Å²) in [5.74, 6) is -0.524. The van der Waals surface area contributed by atoms with E-state index in [0.29, 0.717) is 43.7 Å². The molecular weight excluding hydrogens is 469 g/mol. The van der Waals surface area contributed by atoms with Gasteiger partial charge in [0, 0.05) is 56.9 Å². The van der Waals surface area contributed by atoms with Crippen molar-refractivity contribution < 1.29 is 22.8 Å². The van der Waals surface area contributed by atoms with Crippen LogP contribution in [0.15, 0.2) is 42.5 Å². The molecule has 2 aromatic carbocycles. The molecule has 190 valence electrons. The van der Waals surface area contributed by atoms with Crippen LogP contribution in [0.1, 0.15) is 39.9 Å². The quantitative estimate of drug-likeness (QED) is 0.632. The predicted octanol–water partition coefficient (Wildman–Crippen LogP) is 4.33. The van der Waals surface area contributed by atoms with Crippen LogP contribution in [0.4, 0.5) is 18.9 Å². The van der Waals surface area contributed by atoms with E-state index in [1.807, 2.05) is 30.0 Å². The third kappa shape index (κ3) is 4.64. The van der Waals surface area contributed by atoms with Crippen LogP contribution in [0.5, 0.6) is 0 Å². The zero-order chi connectivity index (χ0) is 26.3. The lowest BCUT2D eigenvalue weighted by Crippen LogP contribution is -2.49. The van der Waals surface area contributed by atoms with E-state index in [1.54, 1.807) is 31.1 Å². The molecule has 1 spiro atoms. The fourth-order valence-electron chi connectivity index (χ4n) is 5.52. The number of hydrogen-bond donors (Lipinski definition) is 0. The van der Waals surface area contributed by atoms with E-state index in [4.69, 9.17) is 5.26 Å². The molecular formula is C27H29F3N4O2. The van der Waals surface area contributed by atoms with E-state index in [2.05, 4.69) is 0 Å². The Morgan fingerprint density at radius 2 is 1.78 bits per heavy atom. The van der Waals surface area contributed by atoms with Crippen molar-refractivity contribution in [1.82, 2.24) is 9.80 Å². The molecule has 2 heterocycles. The number of nitriles is 1. The maximum Gasteiger partial charge on any atom is 0.417 e. The van der Waals surface area contributed by atoms with E-state index >= 15 is 0 Å². The van der Waals surface area contributed by atoms with Crippen molar-refractivity contribution in [3.05, 3.63) is 64.7 Å². The molecule has 2 saturated heterocycles. The molecule has 0 radical (unpaired) electrons. The number of hydrogen-bond acceptors (Lipinski definition) is 4. The first kappa shape index (κ1) is 25.5. The second-order valence-corrected chi connectivity index (χ2v) is 9.97. The Hall–Kier alpha value is -3.54. The molecule has 0 bridgehead atoms. The lowest BCUT2D eigenvalue weighted by Gasteiger charge is -2.42. The zero-order valence-corrected chi connectivity index (χ0v) is 20.6. The second kappa shape index (κ2) is 9.49. The van der Waals surface area contributed by atoms with Crippen LogP contribution in [0, 0.1) is 29.6 Å². The maximum atomic E-state index is 13.6. The number of amides is 2. The van der Waals surface area contributed by atoms with Gasteiger partial charge in [0.05, 0.1) is 23.1 Å². The number of benzene rings is 2. The monoisotopic (exact) mass is 498 g/mol. The normalized spacial score (nSPS) is 19.3. The van der Waals surface area contributed by atoms with Gasteiger partial charge in [0.25, 0.3) is 5.91 Å². The molecule has 4 rings (SSSR count). The topological polar surface area (TPSA) is 67.6 Å². The number of aryl methyl sites for hydroxylation is 1. The summed E-state index contributed by atoms with van der Waals surface area (Å²) in [6, 6.07) is 12.7. The van der Waals surface area contributed by atoms with Gasteiger partial charge in [-0.3, -0.25) is 9.59 Å². The number of rotatable bonds is 3. The van der Waals surface area contributed by atoms with Gasteiger partial charge in [-0.25, -0.2) is 0 Å². The van der Waals surface area contributed by atoms with Crippen LogP contribution in [-0.2, 0) is 11.0 Å². The number of anilines is 1. The van der Waals surface area contributed by atoms with E-state index in [0.717, 1.165) is 11.6 Å². The van der Waals surface area contributed by atoms with Gasteiger partial charge in [-0.15, -0.1) is 0 Å². The Kier molecular flexibility index (Phi) is 6.74. The van der Waals surface area contributed by atoms with E-state index in [1.165, 1.54) is 17.0 Å². The minimum absolute atomic E-state index is 0.0461. The van der Waals surface area contributed by atoms with E-state index in [9.17, 15) is 22.8 Å². The van der Waals surface area contributed by atoms with Crippen LogP contribution in [0.3, 0.4) is 0 Å². The van der Waals surface area contributed by atoms with Gasteiger partial charge in [0.2, 0.25) is 5.91 Å². The van der Waals surface area contributed by atoms with Crippen molar-refractivity contribution in [2.75, 3.05) is 45.2 Å².